The van der Waals surface area contributed by atoms with E-state index in [2.05, 4.69) is 5.32 Å². The molecule has 0 aliphatic heterocycles. The second-order valence-electron chi connectivity index (χ2n) is 4.87. The lowest BCUT2D eigenvalue weighted by Gasteiger charge is -2.43. The Bertz CT molecular complexity index is 399. The van der Waals surface area contributed by atoms with Gasteiger partial charge in [-0.25, -0.2) is 4.39 Å². The van der Waals surface area contributed by atoms with Crippen molar-refractivity contribution in [2.75, 3.05) is 20.3 Å². The van der Waals surface area contributed by atoms with Crippen molar-refractivity contribution in [2.45, 2.75) is 38.0 Å². The number of hydrogen-bond donors (Lipinski definition) is 1. The topological polar surface area (TPSA) is 30.5 Å². The van der Waals surface area contributed by atoms with Crippen LogP contribution in [0.15, 0.2) is 24.3 Å². The second kappa shape index (κ2) is 6.98. The summed E-state index contributed by atoms with van der Waals surface area (Å²) in [5, 5.41) is 3.45. The maximum absolute atomic E-state index is 13.0. The third-order valence-corrected chi connectivity index (χ3v) is 3.61. The molecule has 1 aromatic rings. The molecule has 0 amide bonds. The standard InChI is InChI=1S/C15H22FNO2/c1-3-19-14-10-13(15(14)18-2)17-8-7-11-5-4-6-12(16)9-11/h4-6,9,13-15,17H,3,7-8,10H2,1-2H3. The molecule has 3 unspecified atom stereocenters. The van der Waals surface area contributed by atoms with Crippen molar-refractivity contribution in [1.82, 2.24) is 5.32 Å². The molecule has 0 saturated heterocycles. The van der Waals surface area contributed by atoms with Gasteiger partial charge in [-0.1, -0.05) is 12.1 Å². The highest BCUT2D eigenvalue weighted by atomic mass is 19.1. The number of ether oxygens (including phenoxy) is 2. The summed E-state index contributed by atoms with van der Waals surface area (Å²) in [6.07, 6.45) is 2.15. The van der Waals surface area contributed by atoms with Crippen molar-refractivity contribution < 1.29 is 13.9 Å². The molecule has 0 heterocycles. The van der Waals surface area contributed by atoms with Gasteiger partial charge in [0.1, 0.15) is 5.82 Å². The average Bonchev–Trinajstić information content (AvgIpc) is 2.37. The van der Waals surface area contributed by atoms with Gasteiger partial charge >= 0.3 is 0 Å². The summed E-state index contributed by atoms with van der Waals surface area (Å²) in [4.78, 5) is 0. The maximum atomic E-state index is 13.0. The lowest BCUT2D eigenvalue weighted by molar-refractivity contribution is -0.131. The van der Waals surface area contributed by atoms with Crippen LogP contribution in [0.1, 0.15) is 18.9 Å². The number of halogens is 1. The van der Waals surface area contributed by atoms with Gasteiger partial charge in [-0.15, -0.1) is 0 Å². The zero-order valence-corrected chi connectivity index (χ0v) is 11.6. The molecule has 0 radical (unpaired) electrons. The normalized spacial score (nSPS) is 26.2. The van der Waals surface area contributed by atoms with Crippen molar-refractivity contribution in [3.63, 3.8) is 0 Å². The summed E-state index contributed by atoms with van der Waals surface area (Å²) in [6.45, 7) is 3.55. The summed E-state index contributed by atoms with van der Waals surface area (Å²) in [5.41, 5.74) is 1.02. The Kier molecular flexibility index (Phi) is 5.31. The Hall–Kier alpha value is -0.970. The number of hydrogen-bond acceptors (Lipinski definition) is 3. The van der Waals surface area contributed by atoms with Gasteiger partial charge < -0.3 is 14.8 Å². The van der Waals surface area contributed by atoms with Crippen molar-refractivity contribution >= 4 is 0 Å². The third kappa shape index (κ3) is 3.75. The van der Waals surface area contributed by atoms with E-state index in [-0.39, 0.29) is 18.0 Å². The molecule has 4 heteroatoms. The first-order chi connectivity index (χ1) is 9.24. The van der Waals surface area contributed by atoms with E-state index in [4.69, 9.17) is 9.47 Å². The van der Waals surface area contributed by atoms with Crippen LogP contribution in [-0.4, -0.2) is 38.5 Å². The molecule has 0 aromatic heterocycles. The summed E-state index contributed by atoms with van der Waals surface area (Å²) >= 11 is 0. The van der Waals surface area contributed by atoms with Crippen LogP contribution in [0.4, 0.5) is 4.39 Å². The van der Waals surface area contributed by atoms with E-state index in [9.17, 15) is 4.39 Å². The van der Waals surface area contributed by atoms with Crippen LogP contribution < -0.4 is 5.32 Å². The predicted molar refractivity (Wildman–Crippen MR) is 72.7 cm³/mol. The minimum absolute atomic E-state index is 0.132. The van der Waals surface area contributed by atoms with E-state index >= 15 is 0 Å². The van der Waals surface area contributed by atoms with Crippen molar-refractivity contribution in [1.29, 1.82) is 0 Å². The maximum Gasteiger partial charge on any atom is 0.123 e. The quantitative estimate of drug-likeness (QED) is 0.821. The van der Waals surface area contributed by atoms with Crippen LogP contribution >= 0.6 is 0 Å². The highest BCUT2D eigenvalue weighted by molar-refractivity contribution is 5.16. The van der Waals surface area contributed by atoms with Crippen LogP contribution in [0.25, 0.3) is 0 Å². The van der Waals surface area contributed by atoms with Crippen molar-refractivity contribution in [2.24, 2.45) is 0 Å². The predicted octanol–water partition coefficient (Wildman–Crippen LogP) is 2.15. The molecule has 106 valence electrons. The Morgan fingerprint density at radius 3 is 2.95 bits per heavy atom. The summed E-state index contributed by atoms with van der Waals surface area (Å²) in [7, 11) is 1.72. The van der Waals surface area contributed by atoms with Gasteiger partial charge in [0, 0.05) is 19.8 Å². The first-order valence-corrected chi connectivity index (χ1v) is 6.86. The van der Waals surface area contributed by atoms with Gasteiger partial charge in [-0.2, -0.15) is 0 Å². The molecule has 0 spiro atoms. The summed E-state index contributed by atoms with van der Waals surface area (Å²) in [6, 6.07) is 7.09. The van der Waals surface area contributed by atoms with E-state index in [1.54, 1.807) is 19.2 Å². The first kappa shape index (κ1) is 14.4. The minimum Gasteiger partial charge on any atom is -0.377 e. The summed E-state index contributed by atoms with van der Waals surface area (Å²) < 4.78 is 24.0. The van der Waals surface area contributed by atoms with Gasteiger partial charge in [0.2, 0.25) is 0 Å². The molecule has 1 aliphatic carbocycles. The van der Waals surface area contributed by atoms with Crippen molar-refractivity contribution in [3.05, 3.63) is 35.6 Å². The molecule has 2 rings (SSSR count). The smallest absolute Gasteiger partial charge is 0.123 e. The van der Waals surface area contributed by atoms with Crippen LogP contribution in [0, 0.1) is 5.82 Å². The second-order valence-corrected chi connectivity index (χ2v) is 4.87. The molecule has 1 aliphatic rings. The number of nitrogens with one attached hydrogen (secondary N) is 1. The fourth-order valence-electron chi connectivity index (χ4n) is 2.57. The van der Waals surface area contributed by atoms with Crippen molar-refractivity contribution in [3.8, 4) is 0 Å². The highest BCUT2D eigenvalue weighted by Crippen LogP contribution is 2.26. The lowest BCUT2D eigenvalue weighted by atomic mass is 9.85. The molecule has 3 atom stereocenters. The molecule has 1 aromatic carbocycles. The zero-order chi connectivity index (χ0) is 13.7. The van der Waals surface area contributed by atoms with Gasteiger partial charge in [-0.05, 0) is 44.0 Å². The van der Waals surface area contributed by atoms with Crippen LogP contribution in [0.2, 0.25) is 0 Å². The molecular formula is C15H22FNO2. The molecule has 1 N–H and O–H groups in total. The molecule has 3 nitrogen and oxygen atoms in total. The number of methoxy groups -OCH3 is 1. The van der Waals surface area contributed by atoms with E-state index < -0.39 is 0 Å². The van der Waals surface area contributed by atoms with Gasteiger partial charge in [0.25, 0.3) is 0 Å². The van der Waals surface area contributed by atoms with Gasteiger partial charge in [0.15, 0.2) is 0 Å². The zero-order valence-electron chi connectivity index (χ0n) is 11.6. The molecule has 0 bridgehead atoms. The lowest BCUT2D eigenvalue weighted by Crippen LogP contribution is -2.60. The van der Waals surface area contributed by atoms with Crippen LogP contribution in [0.3, 0.4) is 0 Å². The molecular weight excluding hydrogens is 245 g/mol. The summed E-state index contributed by atoms with van der Waals surface area (Å²) in [5.74, 6) is -0.174. The van der Waals surface area contributed by atoms with Gasteiger partial charge in [-0.3, -0.25) is 0 Å². The third-order valence-electron chi connectivity index (χ3n) is 3.61. The Morgan fingerprint density at radius 2 is 2.26 bits per heavy atom. The Morgan fingerprint density at radius 1 is 1.42 bits per heavy atom. The van der Waals surface area contributed by atoms with E-state index in [0.29, 0.717) is 6.04 Å². The minimum atomic E-state index is -0.174. The average molecular weight is 267 g/mol. The van der Waals surface area contributed by atoms with Gasteiger partial charge in [0.05, 0.1) is 12.2 Å². The van der Waals surface area contributed by atoms with Crippen LogP contribution in [0.5, 0.6) is 0 Å². The fourth-order valence-corrected chi connectivity index (χ4v) is 2.57. The fraction of sp³-hybridized carbons (Fsp3) is 0.600. The Balaban J connectivity index is 1.72. The number of benzene rings is 1. The monoisotopic (exact) mass is 267 g/mol. The largest absolute Gasteiger partial charge is 0.377 e. The number of rotatable bonds is 7. The van der Waals surface area contributed by atoms with E-state index in [1.165, 1.54) is 6.07 Å². The Labute approximate surface area is 114 Å². The highest BCUT2D eigenvalue weighted by Gasteiger charge is 2.41. The molecule has 1 fully saturated rings. The molecule has 1 saturated carbocycles. The van der Waals surface area contributed by atoms with E-state index in [1.807, 2.05) is 13.0 Å². The molecule has 19 heavy (non-hydrogen) atoms. The van der Waals surface area contributed by atoms with E-state index in [0.717, 1.165) is 31.6 Å². The van der Waals surface area contributed by atoms with Crippen LogP contribution in [-0.2, 0) is 15.9 Å². The first-order valence-electron chi connectivity index (χ1n) is 6.86. The SMILES string of the molecule is CCOC1CC(NCCc2cccc(F)c2)C1OC.